The van der Waals surface area contributed by atoms with Crippen LogP contribution in [0.25, 0.3) is 0 Å². The predicted octanol–water partition coefficient (Wildman–Crippen LogP) is 4.65. The molecular weight excluding hydrogens is 374 g/mol. The van der Waals surface area contributed by atoms with Crippen LogP contribution < -0.4 is 4.90 Å². The van der Waals surface area contributed by atoms with E-state index in [2.05, 4.69) is 37.4 Å². The van der Waals surface area contributed by atoms with Crippen molar-refractivity contribution in [3.8, 4) is 0 Å². The lowest BCUT2D eigenvalue weighted by Gasteiger charge is -2.06. The van der Waals surface area contributed by atoms with E-state index in [4.69, 9.17) is 0 Å². The van der Waals surface area contributed by atoms with Gasteiger partial charge in [-0.1, -0.05) is 70.4 Å². The first kappa shape index (κ1) is 29.8. The van der Waals surface area contributed by atoms with Crippen LogP contribution in [-0.2, 0) is 14.6 Å². The molecule has 0 aliphatic heterocycles. The van der Waals surface area contributed by atoms with E-state index in [0.717, 1.165) is 0 Å². The molecule has 0 bridgehead atoms. The van der Waals surface area contributed by atoms with Crippen LogP contribution in [0.2, 0.25) is 0 Å². The summed E-state index contributed by atoms with van der Waals surface area (Å²) in [4.78, 5) is 1.59. The topological polar surface area (TPSA) is 70.9 Å². The molecule has 0 amide bonds. The third-order valence-corrected chi connectivity index (χ3v) is 4.98. The average Bonchev–Trinajstić information content (AvgIpc) is 2.60. The molecule has 0 spiro atoms. The van der Waals surface area contributed by atoms with E-state index in [1.165, 1.54) is 103 Å². The molecule has 5 nitrogen and oxygen atoms in total. The number of quaternary nitrogens is 1. The van der Waals surface area contributed by atoms with Crippen molar-refractivity contribution in [3.63, 3.8) is 0 Å². The molecular formula is C22H47NO4S. The number of hydrogen-bond acceptors (Lipinski definition) is 4. The SMILES string of the molecule is CCCCCCCC/C=C\CCCCCCCC[NH+](C)C.CCOS(=O)(=O)[O-]. The lowest BCUT2D eigenvalue weighted by Crippen LogP contribution is -3.05. The van der Waals surface area contributed by atoms with Crippen molar-refractivity contribution < 1.29 is 22.1 Å². The molecule has 0 saturated carbocycles. The smallest absolute Gasteiger partial charge is 0.217 e. The highest BCUT2D eigenvalue weighted by Crippen LogP contribution is 2.09. The maximum Gasteiger partial charge on any atom is 0.217 e. The Bertz CT molecular complexity index is 422. The maximum absolute atomic E-state index is 9.45. The molecule has 0 fully saturated rings. The Morgan fingerprint density at radius 3 is 1.54 bits per heavy atom. The number of nitrogens with one attached hydrogen (secondary N) is 1. The minimum Gasteiger partial charge on any atom is -0.726 e. The summed E-state index contributed by atoms with van der Waals surface area (Å²) in [5.74, 6) is 0. The van der Waals surface area contributed by atoms with Gasteiger partial charge in [-0.25, -0.2) is 8.42 Å². The first-order chi connectivity index (χ1) is 13.3. The zero-order valence-electron chi connectivity index (χ0n) is 19.0. The molecule has 0 aromatic rings. The van der Waals surface area contributed by atoms with E-state index >= 15 is 0 Å². The molecule has 28 heavy (non-hydrogen) atoms. The van der Waals surface area contributed by atoms with Gasteiger partial charge < -0.3 is 9.45 Å². The van der Waals surface area contributed by atoms with Gasteiger partial charge in [0.2, 0.25) is 10.4 Å². The Kier molecular flexibility index (Phi) is 24.3. The molecule has 0 aromatic carbocycles. The van der Waals surface area contributed by atoms with Crippen LogP contribution >= 0.6 is 0 Å². The Morgan fingerprint density at radius 1 is 0.750 bits per heavy atom. The van der Waals surface area contributed by atoms with Crippen LogP contribution in [0.3, 0.4) is 0 Å². The van der Waals surface area contributed by atoms with Crippen LogP contribution in [0.5, 0.6) is 0 Å². The van der Waals surface area contributed by atoms with E-state index in [0.29, 0.717) is 0 Å². The molecule has 170 valence electrons. The standard InChI is InChI=1S/C20H41N.C2H6O4S/c1-4-5-6-7-8-9-10-11-12-13-14-15-16-17-18-19-20-21(2)3;1-2-6-7(3,4)5/h11-12H,4-10,13-20H2,1-3H3;2H2,1H3,(H,3,4,5)/b12-11-;. The highest BCUT2D eigenvalue weighted by atomic mass is 32.3. The van der Waals surface area contributed by atoms with Crippen molar-refractivity contribution in [2.75, 3.05) is 27.2 Å². The van der Waals surface area contributed by atoms with E-state index in [1.54, 1.807) is 4.90 Å². The van der Waals surface area contributed by atoms with Gasteiger partial charge >= 0.3 is 0 Å². The molecule has 0 aliphatic carbocycles. The van der Waals surface area contributed by atoms with Gasteiger partial charge in [-0.15, -0.1) is 0 Å². The van der Waals surface area contributed by atoms with E-state index in [9.17, 15) is 13.0 Å². The van der Waals surface area contributed by atoms with Crippen LogP contribution in [0.4, 0.5) is 0 Å². The number of rotatable bonds is 18. The second kappa shape index (κ2) is 22.9. The monoisotopic (exact) mass is 421 g/mol. The normalized spacial score (nSPS) is 11.8. The van der Waals surface area contributed by atoms with Gasteiger partial charge in [0.15, 0.2) is 0 Å². The average molecular weight is 422 g/mol. The molecule has 0 rings (SSSR count). The Morgan fingerprint density at radius 2 is 1.18 bits per heavy atom. The van der Waals surface area contributed by atoms with Crippen LogP contribution in [0.1, 0.15) is 104 Å². The van der Waals surface area contributed by atoms with E-state index in [-0.39, 0.29) is 6.61 Å². The van der Waals surface area contributed by atoms with Crippen molar-refractivity contribution in [1.82, 2.24) is 0 Å². The van der Waals surface area contributed by atoms with Gasteiger partial charge in [-0.2, -0.15) is 0 Å². The third kappa shape index (κ3) is 33.2. The molecule has 0 heterocycles. The first-order valence-electron chi connectivity index (χ1n) is 11.4. The second-order valence-corrected chi connectivity index (χ2v) is 8.76. The molecule has 0 unspecified atom stereocenters. The van der Waals surface area contributed by atoms with E-state index < -0.39 is 10.4 Å². The van der Waals surface area contributed by atoms with Crippen molar-refractivity contribution >= 4 is 10.4 Å². The molecule has 1 N–H and O–H groups in total. The number of allylic oxidation sites excluding steroid dienone is 2. The van der Waals surface area contributed by atoms with Crippen molar-refractivity contribution in [1.29, 1.82) is 0 Å². The number of unbranched alkanes of at least 4 members (excludes halogenated alkanes) is 12. The lowest BCUT2D eigenvalue weighted by molar-refractivity contribution is -0.858. The minimum absolute atomic E-state index is 0.0914. The Balaban J connectivity index is 0. The maximum atomic E-state index is 9.45. The molecule has 0 atom stereocenters. The van der Waals surface area contributed by atoms with Gasteiger partial charge in [0.05, 0.1) is 27.2 Å². The summed E-state index contributed by atoms with van der Waals surface area (Å²) < 4.78 is 32.0. The highest BCUT2D eigenvalue weighted by Gasteiger charge is 1.94. The fourth-order valence-electron chi connectivity index (χ4n) is 2.87. The van der Waals surface area contributed by atoms with Gasteiger partial charge in [0, 0.05) is 0 Å². The molecule has 0 aliphatic rings. The Hall–Kier alpha value is -0.430. The van der Waals surface area contributed by atoms with E-state index in [1.807, 2.05) is 0 Å². The van der Waals surface area contributed by atoms with Crippen LogP contribution in [0.15, 0.2) is 12.2 Å². The van der Waals surface area contributed by atoms with Gasteiger partial charge in [-0.3, -0.25) is 4.18 Å². The minimum atomic E-state index is -4.42. The summed E-state index contributed by atoms with van der Waals surface area (Å²) in [7, 11) is 0.0709. The first-order valence-corrected chi connectivity index (χ1v) is 12.7. The third-order valence-electron chi connectivity index (χ3n) is 4.45. The van der Waals surface area contributed by atoms with Crippen molar-refractivity contribution in [2.24, 2.45) is 0 Å². The number of hydrogen-bond donors (Lipinski definition) is 1. The Labute approximate surface area is 175 Å². The second-order valence-electron chi connectivity index (χ2n) is 7.71. The summed E-state index contributed by atoms with van der Waals surface area (Å²) in [6, 6.07) is 0. The fraction of sp³-hybridized carbons (Fsp3) is 0.909. The quantitative estimate of drug-likeness (QED) is 0.151. The van der Waals surface area contributed by atoms with Crippen LogP contribution in [0, 0.1) is 0 Å². The largest absolute Gasteiger partial charge is 0.726 e. The summed E-state index contributed by atoms with van der Waals surface area (Å²) in [6.07, 6.45) is 24.5. The zero-order valence-corrected chi connectivity index (χ0v) is 19.8. The highest BCUT2D eigenvalue weighted by molar-refractivity contribution is 7.80. The fourth-order valence-corrected chi connectivity index (χ4v) is 3.16. The summed E-state index contributed by atoms with van der Waals surface area (Å²) >= 11 is 0. The van der Waals surface area contributed by atoms with Gasteiger partial charge in [-0.05, 0) is 45.4 Å². The molecule has 0 aromatic heterocycles. The molecule has 0 saturated heterocycles. The zero-order chi connectivity index (χ0) is 21.5. The lowest BCUT2D eigenvalue weighted by atomic mass is 10.1. The predicted molar refractivity (Wildman–Crippen MR) is 118 cm³/mol. The van der Waals surface area contributed by atoms with Crippen molar-refractivity contribution in [2.45, 2.75) is 104 Å². The summed E-state index contributed by atoms with van der Waals surface area (Å²) in [5, 5.41) is 0. The molecule has 6 heteroatoms. The summed E-state index contributed by atoms with van der Waals surface area (Å²) in [6.45, 7) is 4.95. The van der Waals surface area contributed by atoms with Gasteiger partial charge in [0.25, 0.3) is 0 Å². The van der Waals surface area contributed by atoms with Gasteiger partial charge in [0.1, 0.15) is 0 Å². The van der Waals surface area contributed by atoms with Crippen LogP contribution in [-0.4, -0.2) is 40.2 Å². The summed E-state index contributed by atoms with van der Waals surface area (Å²) in [5.41, 5.74) is 0. The van der Waals surface area contributed by atoms with Crippen molar-refractivity contribution in [3.05, 3.63) is 12.2 Å². The molecule has 0 radical (unpaired) electrons.